The molecular weight excluding hydrogens is 400 g/mol. The molecule has 0 atom stereocenters. The van der Waals surface area contributed by atoms with Crippen LogP contribution in [-0.2, 0) is 16.1 Å². The summed E-state index contributed by atoms with van der Waals surface area (Å²) in [5.41, 5.74) is 1.13. The highest BCUT2D eigenvalue weighted by Crippen LogP contribution is 2.20. The van der Waals surface area contributed by atoms with Crippen molar-refractivity contribution in [2.75, 3.05) is 25.0 Å². The zero-order chi connectivity index (χ0) is 21.5. The fourth-order valence-corrected chi connectivity index (χ4v) is 3.76. The van der Waals surface area contributed by atoms with Gasteiger partial charge in [-0.15, -0.1) is 0 Å². The number of benzene rings is 1. The molecule has 30 heavy (non-hydrogen) atoms. The van der Waals surface area contributed by atoms with Gasteiger partial charge < -0.3 is 10.2 Å². The number of carbonyl (C=O) groups excluding carboxylic acids is 2. The van der Waals surface area contributed by atoms with E-state index in [0.717, 1.165) is 31.5 Å². The van der Waals surface area contributed by atoms with Crippen molar-refractivity contribution in [2.24, 2.45) is 5.92 Å². The Morgan fingerprint density at radius 1 is 1.17 bits per heavy atom. The van der Waals surface area contributed by atoms with Gasteiger partial charge in [-0.25, -0.2) is 4.98 Å². The molecule has 0 bridgehead atoms. The summed E-state index contributed by atoms with van der Waals surface area (Å²) in [4.78, 5) is 33.6. The van der Waals surface area contributed by atoms with Gasteiger partial charge in [0.25, 0.3) is 0 Å². The summed E-state index contributed by atoms with van der Waals surface area (Å²) in [6, 6.07) is 13.6. The Labute approximate surface area is 183 Å². The van der Waals surface area contributed by atoms with E-state index < -0.39 is 0 Å². The minimum atomic E-state index is -0.0700. The van der Waals surface area contributed by atoms with Crippen molar-refractivity contribution in [2.45, 2.75) is 39.3 Å². The summed E-state index contributed by atoms with van der Waals surface area (Å²) in [6.45, 7) is 6.55. The zero-order valence-electron chi connectivity index (χ0n) is 17.6. The van der Waals surface area contributed by atoms with Crippen LogP contribution in [0.3, 0.4) is 0 Å². The van der Waals surface area contributed by atoms with Crippen molar-refractivity contribution >= 4 is 29.2 Å². The largest absolute Gasteiger partial charge is 0.335 e. The second-order valence-electron chi connectivity index (χ2n) is 8.00. The van der Waals surface area contributed by atoms with E-state index in [0.29, 0.717) is 23.9 Å². The van der Waals surface area contributed by atoms with Gasteiger partial charge in [0.05, 0.1) is 11.6 Å². The van der Waals surface area contributed by atoms with Crippen molar-refractivity contribution in [3.8, 4) is 0 Å². The lowest BCUT2D eigenvalue weighted by atomic mass is 9.96. The Bertz CT molecular complexity index is 834. The summed E-state index contributed by atoms with van der Waals surface area (Å²) in [6.07, 6.45) is 2.97. The average molecular weight is 429 g/mol. The molecule has 0 aliphatic carbocycles. The summed E-state index contributed by atoms with van der Waals surface area (Å²) in [5, 5.41) is 3.39. The van der Waals surface area contributed by atoms with E-state index in [1.54, 1.807) is 12.1 Å². The van der Waals surface area contributed by atoms with E-state index >= 15 is 0 Å². The minimum Gasteiger partial charge on any atom is -0.335 e. The lowest BCUT2D eigenvalue weighted by Crippen LogP contribution is -2.46. The summed E-state index contributed by atoms with van der Waals surface area (Å²) in [5.74, 6) is 0.542. The number of likely N-dealkylation sites (tertiary alicyclic amines) is 1. The first-order valence-electron chi connectivity index (χ1n) is 10.4. The van der Waals surface area contributed by atoms with Crippen LogP contribution in [0.1, 0.15) is 32.3 Å². The Morgan fingerprint density at radius 2 is 1.87 bits per heavy atom. The highest BCUT2D eigenvalue weighted by atomic mass is 35.5. The van der Waals surface area contributed by atoms with Gasteiger partial charge in [-0.2, -0.15) is 0 Å². The number of rotatable bonds is 7. The predicted octanol–water partition coefficient (Wildman–Crippen LogP) is 3.82. The summed E-state index contributed by atoms with van der Waals surface area (Å²) < 4.78 is 0. The number of piperidine rings is 1. The van der Waals surface area contributed by atoms with Crippen molar-refractivity contribution in [1.82, 2.24) is 14.8 Å². The van der Waals surface area contributed by atoms with Crippen LogP contribution >= 0.6 is 11.6 Å². The standard InChI is InChI=1S/C23H29ClN4O2/c1-17(2)28(15-18-6-4-3-5-7-18)22(29)16-27-12-10-19(11-13-27)23(30)26-21-9-8-20(24)14-25-21/h3-9,14,17,19H,10-13,15-16H2,1-2H3,(H,25,26,30). The van der Waals surface area contributed by atoms with Gasteiger partial charge in [0.2, 0.25) is 11.8 Å². The van der Waals surface area contributed by atoms with E-state index in [2.05, 4.69) is 15.2 Å². The van der Waals surface area contributed by atoms with Gasteiger partial charge in [-0.1, -0.05) is 41.9 Å². The minimum absolute atomic E-state index is 0.0244. The highest BCUT2D eigenvalue weighted by Gasteiger charge is 2.27. The number of nitrogens with zero attached hydrogens (tertiary/aromatic N) is 3. The summed E-state index contributed by atoms with van der Waals surface area (Å²) >= 11 is 5.83. The predicted molar refractivity (Wildman–Crippen MR) is 119 cm³/mol. The fourth-order valence-electron chi connectivity index (χ4n) is 3.65. The molecule has 3 rings (SSSR count). The van der Waals surface area contributed by atoms with Gasteiger partial charge in [-0.3, -0.25) is 14.5 Å². The van der Waals surface area contributed by atoms with E-state index in [4.69, 9.17) is 11.6 Å². The molecule has 1 aliphatic rings. The van der Waals surface area contributed by atoms with Crippen LogP contribution in [-0.4, -0.2) is 52.3 Å². The lowest BCUT2D eigenvalue weighted by molar-refractivity contribution is -0.135. The Kier molecular flexibility index (Phi) is 7.82. The molecule has 1 N–H and O–H groups in total. The van der Waals surface area contributed by atoms with Gasteiger partial charge in [-0.05, 0) is 57.5 Å². The van der Waals surface area contributed by atoms with Gasteiger partial charge in [0, 0.05) is 24.7 Å². The van der Waals surface area contributed by atoms with Gasteiger partial charge in [0.15, 0.2) is 0 Å². The van der Waals surface area contributed by atoms with Gasteiger partial charge >= 0.3 is 0 Å². The number of aromatic nitrogens is 1. The molecule has 160 valence electrons. The average Bonchev–Trinajstić information content (AvgIpc) is 2.74. The smallest absolute Gasteiger partial charge is 0.237 e. The van der Waals surface area contributed by atoms with Crippen LogP contribution in [0.2, 0.25) is 5.02 Å². The van der Waals surface area contributed by atoms with Crippen LogP contribution in [0.25, 0.3) is 0 Å². The molecule has 1 fully saturated rings. The maximum atomic E-state index is 12.9. The van der Waals surface area contributed by atoms with Crippen molar-refractivity contribution < 1.29 is 9.59 Å². The third-order valence-electron chi connectivity index (χ3n) is 5.44. The molecule has 2 amide bonds. The molecule has 1 aliphatic heterocycles. The topological polar surface area (TPSA) is 65.5 Å². The second kappa shape index (κ2) is 10.5. The molecule has 0 unspecified atom stereocenters. The Balaban J connectivity index is 1.48. The van der Waals surface area contributed by atoms with E-state index in [9.17, 15) is 9.59 Å². The third-order valence-corrected chi connectivity index (χ3v) is 5.66. The molecule has 2 aromatic rings. The van der Waals surface area contributed by atoms with Crippen LogP contribution in [0.4, 0.5) is 5.82 Å². The van der Waals surface area contributed by atoms with Crippen LogP contribution in [0.15, 0.2) is 48.7 Å². The summed E-state index contributed by atoms with van der Waals surface area (Å²) in [7, 11) is 0. The maximum Gasteiger partial charge on any atom is 0.237 e. The number of anilines is 1. The van der Waals surface area contributed by atoms with Crippen molar-refractivity contribution in [3.05, 3.63) is 59.2 Å². The molecule has 6 nitrogen and oxygen atoms in total. The maximum absolute atomic E-state index is 12.9. The quantitative estimate of drug-likeness (QED) is 0.728. The zero-order valence-corrected chi connectivity index (χ0v) is 18.3. The number of nitrogens with one attached hydrogen (secondary N) is 1. The number of hydrogen-bond donors (Lipinski definition) is 1. The van der Waals surface area contributed by atoms with Crippen LogP contribution < -0.4 is 5.32 Å². The first-order chi connectivity index (χ1) is 14.4. The first-order valence-corrected chi connectivity index (χ1v) is 10.8. The number of carbonyl (C=O) groups is 2. The van der Waals surface area contributed by atoms with E-state index in [1.807, 2.05) is 49.1 Å². The molecule has 1 saturated heterocycles. The third kappa shape index (κ3) is 6.28. The molecule has 2 heterocycles. The van der Waals surface area contributed by atoms with E-state index in [1.165, 1.54) is 6.20 Å². The Morgan fingerprint density at radius 3 is 2.47 bits per heavy atom. The first kappa shape index (κ1) is 22.2. The molecule has 1 aromatic carbocycles. The molecule has 7 heteroatoms. The van der Waals surface area contributed by atoms with E-state index in [-0.39, 0.29) is 23.8 Å². The molecule has 0 radical (unpaired) electrons. The monoisotopic (exact) mass is 428 g/mol. The second-order valence-corrected chi connectivity index (χ2v) is 8.44. The highest BCUT2D eigenvalue weighted by molar-refractivity contribution is 6.30. The molecule has 1 aromatic heterocycles. The number of amides is 2. The van der Waals surface area contributed by atoms with Gasteiger partial charge in [0.1, 0.15) is 5.82 Å². The van der Waals surface area contributed by atoms with Crippen LogP contribution in [0, 0.1) is 5.92 Å². The fraction of sp³-hybridized carbons (Fsp3) is 0.435. The Hall–Kier alpha value is -2.44. The molecular formula is C23H29ClN4O2. The molecule has 0 spiro atoms. The van der Waals surface area contributed by atoms with Crippen molar-refractivity contribution in [3.63, 3.8) is 0 Å². The molecule has 0 saturated carbocycles. The SMILES string of the molecule is CC(C)N(Cc1ccccc1)C(=O)CN1CCC(C(=O)Nc2ccc(Cl)cn2)CC1. The number of hydrogen-bond acceptors (Lipinski definition) is 4. The van der Waals surface area contributed by atoms with Crippen LogP contribution in [0.5, 0.6) is 0 Å². The number of halogens is 1. The number of pyridine rings is 1. The van der Waals surface area contributed by atoms with Crippen molar-refractivity contribution in [1.29, 1.82) is 0 Å². The lowest BCUT2D eigenvalue weighted by Gasteiger charge is -2.34. The normalized spacial score (nSPS) is 15.2.